The third-order valence-electron chi connectivity index (χ3n) is 3.68. The van der Waals surface area contributed by atoms with E-state index in [2.05, 4.69) is 20.5 Å². The van der Waals surface area contributed by atoms with Gasteiger partial charge in [0.25, 0.3) is 0 Å². The molecule has 1 aliphatic rings. The molecule has 6 heteroatoms. The second-order valence-electron chi connectivity index (χ2n) is 4.70. The van der Waals surface area contributed by atoms with Gasteiger partial charge in [-0.25, -0.2) is 9.49 Å². The largest absolute Gasteiger partial charge is 0.294 e. The Morgan fingerprint density at radius 1 is 1.37 bits per heavy atom. The number of carbonyl (C=O) groups is 1. The third kappa shape index (κ3) is 1.89. The van der Waals surface area contributed by atoms with Crippen LogP contribution >= 0.6 is 0 Å². The van der Waals surface area contributed by atoms with E-state index < -0.39 is 5.41 Å². The highest BCUT2D eigenvalue weighted by Gasteiger charge is 2.47. The van der Waals surface area contributed by atoms with Crippen molar-refractivity contribution in [3.63, 3.8) is 0 Å². The van der Waals surface area contributed by atoms with E-state index in [0.29, 0.717) is 18.4 Å². The van der Waals surface area contributed by atoms with Crippen LogP contribution in [0.2, 0.25) is 0 Å². The maximum absolute atomic E-state index is 13.9. The minimum atomic E-state index is -0.780. The first-order valence-electron chi connectivity index (χ1n) is 6.14. The summed E-state index contributed by atoms with van der Waals surface area (Å²) in [6.45, 7) is 0. The fourth-order valence-electron chi connectivity index (χ4n) is 2.49. The lowest BCUT2D eigenvalue weighted by Crippen LogP contribution is -2.46. The van der Waals surface area contributed by atoms with E-state index >= 15 is 0 Å². The first kappa shape index (κ1) is 11.8. The second-order valence-corrected chi connectivity index (χ2v) is 4.70. The number of anilines is 1. The molecule has 1 aromatic carbocycles. The summed E-state index contributed by atoms with van der Waals surface area (Å²) >= 11 is 0. The Morgan fingerprint density at radius 2 is 2.16 bits per heavy atom. The standard InChI is InChI=1S/C13H13FN4O/c14-10-5-2-1-4-9(10)13(6-3-7-13)11(19)17-12-15-8-16-18-12/h1-2,4-5,8H,3,6-7H2,(H2,15,16,17,18,19). The zero-order chi connectivity index (χ0) is 13.3. The molecule has 1 amide bonds. The van der Waals surface area contributed by atoms with Gasteiger partial charge in [-0.15, -0.1) is 0 Å². The van der Waals surface area contributed by atoms with E-state index in [0.717, 1.165) is 6.42 Å². The lowest BCUT2D eigenvalue weighted by molar-refractivity contribution is -0.124. The number of rotatable bonds is 3. The summed E-state index contributed by atoms with van der Waals surface area (Å²) in [4.78, 5) is 16.3. The topological polar surface area (TPSA) is 70.7 Å². The van der Waals surface area contributed by atoms with Crippen molar-refractivity contribution in [2.75, 3.05) is 5.32 Å². The molecular weight excluding hydrogens is 247 g/mol. The van der Waals surface area contributed by atoms with Crippen LogP contribution in [0.4, 0.5) is 10.3 Å². The molecule has 5 nitrogen and oxygen atoms in total. The molecule has 2 N–H and O–H groups in total. The van der Waals surface area contributed by atoms with Crippen LogP contribution in [0.1, 0.15) is 24.8 Å². The lowest BCUT2D eigenvalue weighted by atomic mass is 9.63. The van der Waals surface area contributed by atoms with Crippen LogP contribution in [0, 0.1) is 5.82 Å². The van der Waals surface area contributed by atoms with Gasteiger partial charge in [-0.05, 0) is 18.9 Å². The van der Waals surface area contributed by atoms with Crippen LogP contribution in [-0.4, -0.2) is 21.1 Å². The fraction of sp³-hybridized carbons (Fsp3) is 0.308. The van der Waals surface area contributed by atoms with Crippen LogP contribution in [0.15, 0.2) is 30.6 Å². The molecule has 3 rings (SSSR count). The predicted molar refractivity (Wildman–Crippen MR) is 66.9 cm³/mol. The van der Waals surface area contributed by atoms with E-state index in [1.807, 2.05) is 0 Å². The van der Waals surface area contributed by atoms with Crippen LogP contribution in [0.25, 0.3) is 0 Å². The molecule has 0 aliphatic heterocycles. The van der Waals surface area contributed by atoms with Crippen molar-refractivity contribution in [3.8, 4) is 0 Å². The van der Waals surface area contributed by atoms with Crippen molar-refractivity contribution in [3.05, 3.63) is 42.0 Å². The summed E-state index contributed by atoms with van der Waals surface area (Å²) in [6.07, 6.45) is 3.52. The van der Waals surface area contributed by atoms with E-state index in [4.69, 9.17) is 0 Å². The normalized spacial score (nSPS) is 16.7. The molecule has 0 radical (unpaired) electrons. The zero-order valence-electron chi connectivity index (χ0n) is 10.2. The average Bonchev–Trinajstić information content (AvgIpc) is 2.83. The summed E-state index contributed by atoms with van der Waals surface area (Å²) in [6, 6.07) is 6.44. The Balaban J connectivity index is 1.91. The highest BCUT2D eigenvalue weighted by Crippen LogP contribution is 2.45. The van der Waals surface area contributed by atoms with Gasteiger partial charge in [-0.3, -0.25) is 10.1 Å². The number of carbonyl (C=O) groups excluding carboxylic acids is 1. The number of hydrogen-bond donors (Lipinski definition) is 2. The molecule has 1 saturated carbocycles. The molecule has 0 saturated heterocycles. The van der Waals surface area contributed by atoms with Gasteiger partial charge < -0.3 is 0 Å². The molecule has 2 aromatic rings. The zero-order valence-corrected chi connectivity index (χ0v) is 10.2. The maximum atomic E-state index is 13.9. The number of aromatic nitrogens is 3. The average molecular weight is 260 g/mol. The fourth-order valence-corrected chi connectivity index (χ4v) is 2.49. The summed E-state index contributed by atoms with van der Waals surface area (Å²) < 4.78 is 13.9. The molecule has 1 heterocycles. The smallest absolute Gasteiger partial charge is 0.237 e. The predicted octanol–water partition coefficient (Wildman–Crippen LogP) is 2.00. The van der Waals surface area contributed by atoms with Gasteiger partial charge in [0, 0.05) is 5.56 Å². The molecule has 0 spiro atoms. The minimum Gasteiger partial charge on any atom is -0.294 e. The van der Waals surface area contributed by atoms with Crippen molar-refractivity contribution < 1.29 is 9.18 Å². The number of nitrogens with zero attached hydrogens (tertiary/aromatic N) is 2. The van der Waals surface area contributed by atoms with Crippen molar-refractivity contribution in [2.24, 2.45) is 0 Å². The van der Waals surface area contributed by atoms with E-state index in [1.54, 1.807) is 18.2 Å². The Hall–Kier alpha value is -2.24. The number of benzene rings is 1. The Labute approximate surface area is 109 Å². The van der Waals surface area contributed by atoms with Gasteiger partial charge in [0.2, 0.25) is 11.9 Å². The van der Waals surface area contributed by atoms with Gasteiger partial charge in [-0.2, -0.15) is 10.1 Å². The Morgan fingerprint density at radius 3 is 2.74 bits per heavy atom. The number of hydrogen-bond acceptors (Lipinski definition) is 3. The van der Waals surface area contributed by atoms with Gasteiger partial charge in [-0.1, -0.05) is 24.6 Å². The molecule has 1 aromatic heterocycles. The van der Waals surface area contributed by atoms with Crippen molar-refractivity contribution >= 4 is 11.9 Å². The number of amides is 1. The number of H-pyrrole nitrogens is 1. The Bertz CT molecular complexity index is 592. The second kappa shape index (κ2) is 4.46. The van der Waals surface area contributed by atoms with Crippen LogP contribution in [0.5, 0.6) is 0 Å². The summed E-state index contributed by atoms with van der Waals surface area (Å²) in [5.41, 5.74) is -0.323. The van der Waals surface area contributed by atoms with Crippen molar-refractivity contribution in [2.45, 2.75) is 24.7 Å². The first-order valence-corrected chi connectivity index (χ1v) is 6.14. The third-order valence-corrected chi connectivity index (χ3v) is 3.68. The number of halogens is 1. The van der Waals surface area contributed by atoms with E-state index in [1.165, 1.54) is 12.4 Å². The first-order chi connectivity index (χ1) is 9.22. The number of nitrogens with one attached hydrogen (secondary N) is 2. The molecule has 1 aliphatic carbocycles. The molecule has 1 fully saturated rings. The SMILES string of the molecule is O=C(Nc1ncn[nH]1)C1(c2ccccc2F)CCC1. The maximum Gasteiger partial charge on any atom is 0.237 e. The van der Waals surface area contributed by atoms with Crippen LogP contribution < -0.4 is 5.32 Å². The van der Waals surface area contributed by atoms with E-state index in [-0.39, 0.29) is 17.7 Å². The molecule has 0 unspecified atom stereocenters. The van der Waals surface area contributed by atoms with Gasteiger partial charge in [0.15, 0.2) is 0 Å². The van der Waals surface area contributed by atoms with E-state index in [9.17, 15) is 9.18 Å². The molecule has 19 heavy (non-hydrogen) atoms. The highest BCUT2D eigenvalue weighted by molar-refractivity contribution is 5.98. The molecule has 98 valence electrons. The summed E-state index contributed by atoms with van der Waals surface area (Å²) in [5, 5.41) is 8.89. The number of aromatic amines is 1. The van der Waals surface area contributed by atoms with Gasteiger partial charge in [0.05, 0.1) is 5.41 Å². The van der Waals surface area contributed by atoms with Crippen molar-refractivity contribution in [1.29, 1.82) is 0 Å². The minimum absolute atomic E-state index is 0.236. The Kier molecular flexibility index (Phi) is 2.77. The lowest BCUT2D eigenvalue weighted by Gasteiger charge is -2.40. The van der Waals surface area contributed by atoms with Crippen LogP contribution in [-0.2, 0) is 10.2 Å². The van der Waals surface area contributed by atoms with Crippen molar-refractivity contribution in [1.82, 2.24) is 15.2 Å². The van der Waals surface area contributed by atoms with Gasteiger partial charge in [0.1, 0.15) is 12.1 Å². The molecule has 0 bridgehead atoms. The highest BCUT2D eigenvalue weighted by atomic mass is 19.1. The van der Waals surface area contributed by atoms with Gasteiger partial charge >= 0.3 is 0 Å². The summed E-state index contributed by atoms with van der Waals surface area (Å²) in [7, 11) is 0. The molecular formula is C13H13FN4O. The van der Waals surface area contributed by atoms with Crippen LogP contribution in [0.3, 0.4) is 0 Å². The monoisotopic (exact) mass is 260 g/mol. The summed E-state index contributed by atoms with van der Waals surface area (Å²) in [5.74, 6) is -0.289. The molecule has 0 atom stereocenters. The quantitative estimate of drug-likeness (QED) is 0.886.